The lowest BCUT2D eigenvalue weighted by Gasteiger charge is -2.28. The number of primary amides is 1. The van der Waals surface area contributed by atoms with E-state index in [4.69, 9.17) is 19.4 Å². The van der Waals surface area contributed by atoms with Gasteiger partial charge in [-0.3, -0.25) is 18.6 Å². The van der Waals surface area contributed by atoms with Gasteiger partial charge in [-0.15, -0.1) is 0 Å². The lowest BCUT2D eigenvalue weighted by Crippen LogP contribution is -2.53. The van der Waals surface area contributed by atoms with Gasteiger partial charge in [0, 0.05) is 17.4 Å². The molecule has 1 saturated heterocycles. The first-order chi connectivity index (χ1) is 21.1. The smallest absolute Gasteiger partial charge is 0.408 e. The first-order valence-electron chi connectivity index (χ1n) is 15.2. The van der Waals surface area contributed by atoms with Crippen molar-refractivity contribution in [1.82, 2.24) is 10.2 Å². The molecule has 1 aromatic carbocycles. The summed E-state index contributed by atoms with van der Waals surface area (Å²) >= 11 is 3.26. The van der Waals surface area contributed by atoms with Crippen molar-refractivity contribution in [3.63, 3.8) is 0 Å². The highest BCUT2D eigenvalue weighted by molar-refractivity contribution is 9.10. The van der Waals surface area contributed by atoms with Crippen LogP contribution >= 0.6 is 15.9 Å². The van der Waals surface area contributed by atoms with Gasteiger partial charge in [-0.1, -0.05) is 40.9 Å². The summed E-state index contributed by atoms with van der Waals surface area (Å²) in [7, 11) is -4.18. The van der Waals surface area contributed by atoms with Gasteiger partial charge in [0.2, 0.25) is 11.8 Å². The largest absolute Gasteiger partial charge is 0.466 e. The maximum Gasteiger partial charge on any atom is 0.408 e. The zero-order valence-corrected chi connectivity index (χ0v) is 28.6. The van der Waals surface area contributed by atoms with Crippen molar-refractivity contribution < 1.29 is 41.3 Å². The topological polar surface area (TPSA) is 171 Å². The number of amides is 3. The molecule has 3 amide bonds. The number of ether oxygens (including phenoxy) is 2. The first kappa shape index (κ1) is 36.5. The number of nitrogens with one attached hydrogen (secondary N) is 1. The fraction of sp³-hybridized carbons (Fsp3) is 0.613. The maximum atomic E-state index is 13.7. The van der Waals surface area contributed by atoms with Gasteiger partial charge in [0.05, 0.1) is 23.5 Å². The van der Waals surface area contributed by atoms with Gasteiger partial charge in [-0.05, 0) is 83.6 Å². The zero-order valence-electron chi connectivity index (χ0n) is 26.2. The Bertz CT molecular complexity index is 1340. The Hall–Kier alpha value is -2.97. The quantitative estimate of drug-likeness (QED) is 0.117. The number of nitrogens with two attached hydrogens (primary N) is 1. The molecule has 0 bridgehead atoms. The van der Waals surface area contributed by atoms with E-state index in [0.29, 0.717) is 17.5 Å². The molecule has 3 rings (SSSR count). The predicted molar refractivity (Wildman–Crippen MR) is 169 cm³/mol. The molecule has 1 unspecified atom stereocenters. The van der Waals surface area contributed by atoms with Crippen LogP contribution in [0.25, 0.3) is 0 Å². The van der Waals surface area contributed by atoms with E-state index < -0.39 is 51.8 Å². The van der Waals surface area contributed by atoms with E-state index in [9.17, 15) is 27.6 Å². The number of likely N-dealkylation sites (tertiary alicyclic amines) is 1. The van der Waals surface area contributed by atoms with Crippen molar-refractivity contribution in [3.8, 4) is 0 Å². The van der Waals surface area contributed by atoms with E-state index in [1.54, 1.807) is 39.8 Å². The molecule has 1 aliphatic heterocycles. The standard InChI is InChI=1S/C31H44BrN3O9S/c1-5-42-29(38)24-17-20(24)11-9-7-6-8-10-12-25(34-30(39)43-31(2,3)4)28(37)35-19-22(18-26(35)27(33)36)44-45(40,41)23-15-13-21(32)14-16-23/h9,11,13-16,20,22,24-26H,5-8,10,12,17-19H2,1-4H3,(H2,33,36)(H,34,39)/b11-9-/t20?,22-,24-,25-,26-/m0/s1. The van der Waals surface area contributed by atoms with Gasteiger partial charge >= 0.3 is 12.1 Å². The number of unbranched alkanes of at least 4 members (excludes halogenated alkanes) is 3. The van der Waals surface area contributed by atoms with Gasteiger partial charge in [0.25, 0.3) is 10.1 Å². The molecule has 1 heterocycles. The summed E-state index contributed by atoms with van der Waals surface area (Å²) in [5.74, 6) is -1.36. The minimum atomic E-state index is -4.18. The number of allylic oxidation sites excluding steroid dienone is 2. The Labute approximate surface area is 273 Å². The highest BCUT2D eigenvalue weighted by Crippen LogP contribution is 2.40. The molecule has 5 atom stereocenters. The molecule has 1 saturated carbocycles. The van der Waals surface area contributed by atoms with Crippen molar-refractivity contribution in [2.75, 3.05) is 13.2 Å². The Morgan fingerprint density at radius 1 is 1.11 bits per heavy atom. The summed E-state index contributed by atoms with van der Waals surface area (Å²) in [6.07, 6.45) is 6.23. The summed E-state index contributed by atoms with van der Waals surface area (Å²) in [5, 5.41) is 2.63. The van der Waals surface area contributed by atoms with Crippen molar-refractivity contribution in [2.45, 2.75) is 101 Å². The molecule has 2 aliphatic rings. The molecule has 0 radical (unpaired) electrons. The average molecular weight is 715 g/mol. The molecule has 3 N–H and O–H groups in total. The number of hydrogen-bond donors (Lipinski definition) is 2. The number of carbonyl (C=O) groups is 4. The summed E-state index contributed by atoms with van der Waals surface area (Å²) in [6.45, 7) is 7.06. The third-order valence-corrected chi connectivity index (χ3v) is 9.31. The van der Waals surface area contributed by atoms with Crippen molar-refractivity contribution in [2.24, 2.45) is 17.6 Å². The minimum Gasteiger partial charge on any atom is -0.466 e. The lowest BCUT2D eigenvalue weighted by molar-refractivity contribution is -0.144. The fourth-order valence-electron chi connectivity index (χ4n) is 5.13. The van der Waals surface area contributed by atoms with Crippen LogP contribution in [0.5, 0.6) is 0 Å². The van der Waals surface area contributed by atoms with Crippen LogP contribution < -0.4 is 11.1 Å². The second-order valence-corrected chi connectivity index (χ2v) is 14.8. The number of rotatable bonds is 15. The Morgan fingerprint density at radius 3 is 2.42 bits per heavy atom. The number of nitrogens with zero attached hydrogens (tertiary/aromatic N) is 1. The van der Waals surface area contributed by atoms with Crippen LogP contribution in [0.1, 0.15) is 72.6 Å². The Kier molecular flexibility index (Phi) is 13.0. The molecular weight excluding hydrogens is 670 g/mol. The number of halogens is 1. The van der Waals surface area contributed by atoms with Crippen LogP contribution in [-0.2, 0) is 38.2 Å². The Balaban J connectivity index is 1.61. The molecule has 1 aromatic rings. The van der Waals surface area contributed by atoms with E-state index >= 15 is 0 Å². The highest BCUT2D eigenvalue weighted by Gasteiger charge is 2.44. The monoisotopic (exact) mass is 713 g/mol. The second-order valence-electron chi connectivity index (χ2n) is 12.3. The molecular formula is C31H44BrN3O9S. The van der Waals surface area contributed by atoms with E-state index in [1.807, 2.05) is 6.08 Å². The molecule has 45 heavy (non-hydrogen) atoms. The fourth-order valence-corrected chi connectivity index (χ4v) is 6.47. The van der Waals surface area contributed by atoms with Gasteiger partial charge in [-0.25, -0.2) is 4.79 Å². The van der Waals surface area contributed by atoms with Crippen LogP contribution in [-0.4, -0.2) is 74.1 Å². The van der Waals surface area contributed by atoms with Crippen molar-refractivity contribution in [3.05, 3.63) is 40.9 Å². The molecule has 14 heteroatoms. The number of esters is 1. The minimum absolute atomic E-state index is 0.0485. The van der Waals surface area contributed by atoms with E-state index in [-0.39, 0.29) is 42.1 Å². The normalized spacial score (nSPS) is 22.2. The van der Waals surface area contributed by atoms with Crippen molar-refractivity contribution in [1.29, 1.82) is 0 Å². The molecule has 1 aliphatic carbocycles. The van der Waals surface area contributed by atoms with Crippen LogP contribution in [0.3, 0.4) is 0 Å². The van der Waals surface area contributed by atoms with Crippen molar-refractivity contribution >= 4 is 49.9 Å². The predicted octanol–water partition coefficient (Wildman–Crippen LogP) is 4.21. The third kappa shape index (κ3) is 11.4. The summed E-state index contributed by atoms with van der Waals surface area (Å²) < 4.78 is 42.3. The SMILES string of the molecule is CCOC(=O)[C@H]1CC1/C=C\CCCCC[C@H](NC(=O)OC(C)(C)C)C(=O)N1C[C@@H](OS(=O)(=O)c2ccc(Br)cc2)C[C@H]1C(N)=O. The third-order valence-electron chi connectivity index (χ3n) is 7.40. The van der Waals surface area contributed by atoms with Gasteiger partial charge in [-0.2, -0.15) is 8.42 Å². The van der Waals surface area contributed by atoms with Gasteiger partial charge in [0.15, 0.2) is 0 Å². The number of alkyl carbamates (subject to hydrolysis) is 1. The van der Waals surface area contributed by atoms with E-state index in [2.05, 4.69) is 27.3 Å². The summed E-state index contributed by atoms with van der Waals surface area (Å²) in [4.78, 5) is 51.6. The number of carbonyl (C=O) groups excluding carboxylic acids is 4. The first-order valence-corrected chi connectivity index (χ1v) is 17.4. The van der Waals surface area contributed by atoms with E-state index in [0.717, 1.165) is 25.7 Å². The maximum absolute atomic E-state index is 13.7. The summed E-state index contributed by atoms with van der Waals surface area (Å²) in [6, 6.07) is 3.74. The van der Waals surface area contributed by atoms with Crippen LogP contribution in [0.4, 0.5) is 4.79 Å². The number of benzene rings is 1. The van der Waals surface area contributed by atoms with Gasteiger partial charge in [0.1, 0.15) is 17.7 Å². The molecule has 2 fully saturated rings. The van der Waals surface area contributed by atoms with Crippen LogP contribution in [0, 0.1) is 11.8 Å². The highest BCUT2D eigenvalue weighted by atomic mass is 79.9. The summed E-state index contributed by atoms with van der Waals surface area (Å²) in [5.41, 5.74) is 4.81. The zero-order chi connectivity index (χ0) is 33.4. The average Bonchev–Trinajstić information content (AvgIpc) is 3.60. The molecule has 250 valence electrons. The van der Waals surface area contributed by atoms with Crippen LogP contribution in [0.2, 0.25) is 0 Å². The van der Waals surface area contributed by atoms with E-state index in [1.165, 1.54) is 17.0 Å². The molecule has 0 aromatic heterocycles. The molecule has 12 nitrogen and oxygen atoms in total. The molecule has 0 spiro atoms. The lowest BCUT2D eigenvalue weighted by atomic mass is 10.0. The van der Waals surface area contributed by atoms with Crippen LogP contribution in [0.15, 0.2) is 45.8 Å². The number of hydrogen-bond acceptors (Lipinski definition) is 9. The second kappa shape index (κ2) is 16.0. The van der Waals surface area contributed by atoms with Gasteiger partial charge < -0.3 is 25.4 Å². The Morgan fingerprint density at radius 2 is 1.80 bits per heavy atom.